The predicted molar refractivity (Wildman–Crippen MR) is 79.7 cm³/mol. The Labute approximate surface area is 118 Å². The molecule has 0 aromatic heterocycles. The van der Waals surface area contributed by atoms with Crippen LogP contribution in [0.4, 0.5) is 5.69 Å². The smallest absolute Gasteiger partial charge is 0.240 e. The molecule has 0 saturated heterocycles. The second kappa shape index (κ2) is 7.06. The van der Waals surface area contributed by atoms with Crippen molar-refractivity contribution < 1.29 is 9.90 Å². The van der Waals surface area contributed by atoms with Crippen LogP contribution >= 0.6 is 12.2 Å². The van der Waals surface area contributed by atoms with E-state index in [2.05, 4.69) is 16.2 Å². The molecule has 0 unspecified atom stereocenters. The maximum Gasteiger partial charge on any atom is 0.240 e. The number of hydrogen-bond donors (Lipinski definition) is 4. The highest BCUT2D eigenvalue weighted by Crippen LogP contribution is 2.17. The topological polar surface area (TPSA) is 73.4 Å². The second-order valence-electron chi connectivity index (χ2n) is 4.43. The third-order valence-electron chi connectivity index (χ3n) is 2.65. The summed E-state index contributed by atoms with van der Waals surface area (Å²) in [6.07, 6.45) is -0.652. The van der Waals surface area contributed by atoms with Gasteiger partial charge in [0.2, 0.25) is 5.91 Å². The summed E-state index contributed by atoms with van der Waals surface area (Å²) in [5.41, 5.74) is 8.16. The number of aliphatic hydroxyl groups is 1. The van der Waals surface area contributed by atoms with Gasteiger partial charge in [-0.15, -0.1) is 0 Å². The molecule has 0 spiro atoms. The highest BCUT2D eigenvalue weighted by Gasteiger charge is 2.07. The number of carbonyl (C=O) groups excluding carboxylic acids is 1. The molecule has 5 nitrogen and oxygen atoms in total. The zero-order chi connectivity index (χ0) is 14.4. The summed E-state index contributed by atoms with van der Waals surface area (Å²) < 4.78 is 0. The molecule has 0 aliphatic carbocycles. The number of anilines is 1. The van der Waals surface area contributed by atoms with Gasteiger partial charge in [-0.25, -0.2) is 0 Å². The third-order valence-corrected chi connectivity index (χ3v) is 2.85. The minimum atomic E-state index is -0.678. The van der Waals surface area contributed by atoms with Crippen LogP contribution in [0.5, 0.6) is 0 Å². The summed E-state index contributed by atoms with van der Waals surface area (Å²) in [4.78, 5) is 11.3. The number of hydrazine groups is 1. The van der Waals surface area contributed by atoms with Crippen LogP contribution in [0.2, 0.25) is 0 Å². The van der Waals surface area contributed by atoms with Crippen LogP contribution in [0.3, 0.4) is 0 Å². The van der Waals surface area contributed by atoms with Gasteiger partial charge >= 0.3 is 0 Å². The Morgan fingerprint density at radius 1 is 1.37 bits per heavy atom. The lowest BCUT2D eigenvalue weighted by molar-refractivity contribution is -0.123. The Balaban J connectivity index is 2.48. The average molecular weight is 281 g/mol. The summed E-state index contributed by atoms with van der Waals surface area (Å²) >= 11 is 5.07. The Morgan fingerprint density at radius 2 is 2.05 bits per heavy atom. The Bertz CT molecular complexity index is 475. The summed E-state index contributed by atoms with van der Waals surface area (Å²) in [5, 5.41) is 12.4. The lowest BCUT2D eigenvalue weighted by Crippen LogP contribution is -2.44. The van der Waals surface area contributed by atoms with Crippen molar-refractivity contribution in [3.63, 3.8) is 0 Å². The van der Waals surface area contributed by atoms with E-state index in [4.69, 9.17) is 17.3 Å². The summed E-state index contributed by atoms with van der Waals surface area (Å²) in [6.45, 7) is 5.56. The largest absolute Gasteiger partial charge is 0.393 e. The standard InChI is InChI=1S/C13H19N3O2S/c1-8-5-4-6-11(10(8)3)14-13(19)16-15-12(18)7-9(2)17/h4-6,9,17H,7H2,1-3H3,(H,15,18)(H2,14,16,19)/t9-/m0/s1. The Morgan fingerprint density at radius 3 is 2.68 bits per heavy atom. The molecule has 1 aromatic carbocycles. The number of amides is 1. The molecule has 0 saturated carbocycles. The van der Waals surface area contributed by atoms with Gasteiger partial charge < -0.3 is 10.4 Å². The monoisotopic (exact) mass is 281 g/mol. The number of hydrogen-bond acceptors (Lipinski definition) is 3. The zero-order valence-electron chi connectivity index (χ0n) is 11.3. The highest BCUT2D eigenvalue weighted by molar-refractivity contribution is 7.80. The van der Waals surface area contributed by atoms with Gasteiger partial charge in [0.15, 0.2) is 5.11 Å². The molecule has 0 aliphatic rings. The molecule has 1 rings (SSSR count). The quantitative estimate of drug-likeness (QED) is 0.498. The van der Waals surface area contributed by atoms with E-state index in [0.717, 1.165) is 16.8 Å². The lowest BCUT2D eigenvalue weighted by Gasteiger charge is -2.14. The van der Waals surface area contributed by atoms with E-state index in [1.165, 1.54) is 0 Å². The molecule has 0 aliphatic heterocycles. The minimum Gasteiger partial charge on any atom is -0.393 e. The van der Waals surface area contributed by atoms with Crippen LogP contribution in [-0.4, -0.2) is 22.2 Å². The van der Waals surface area contributed by atoms with Gasteiger partial charge in [0, 0.05) is 5.69 Å². The number of aryl methyl sites for hydroxylation is 1. The fourth-order valence-corrected chi connectivity index (χ4v) is 1.65. The van der Waals surface area contributed by atoms with Crippen molar-refractivity contribution in [2.45, 2.75) is 33.3 Å². The molecule has 0 bridgehead atoms. The summed E-state index contributed by atoms with van der Waals surface area (Å²) in [6, 6.07) is 5.86. The molecule has 1 amide bonds. The van der Waals surface area contributed by atoms with E-state index in [9.17, 15) is 4.79 Å². The summed E-state index contributed by atoms with van der Waals surface area (Å²) in [7, 11) is 0. The van der Waals surface area contributed by atoms with E-state index in [1.807, 2.05) is 32.0 Å². The maximum atomic E-state index is 11.3. The number of aliphatic hydroxyl groups excluding tert-OH is 1. The average Bonchev–Trinajstić information content (AvgIpc) is 2.32. The van der Waals surface area contributed by atoms with E-state index >= 15 is 0 Å². The predicted octanol–water partition coefficient (Wildman–Crippen LogP) is 1.39. The first-order valence-electron chi connectivity index (χ1n) is 6.00. The van der Waals surface area contributed by atoms with Gasteiger partial charge in [0.1, 0.15) is 0 Å². The van der Waals surface area contributed by atoms with Crippen LogP contribution in [0.25, 0.3) is 0 Å². The maximum absolute atomic E-state index is 11.3. The molecule has 1 atom stereocenters. The van der Waals surface area contributed by atoms with E-state index in [1.54, 1.807) is 6.92 Å². The molecule has 6 heteroatoms. The van der Waals surface area contributed by atoms with E-state index in [0.29, 0.717) is 5.11 Å². The van der Waals surface area contributed by atoms with Crippen LogP contribution < -0.4 is 16.2 Å². The Hall–Kier alpha value is -1.66. The van der Waals surface area contributed by atoms with Crippen molar-refractivity contribution >= 4 is 28.9 Å². The van der Waals surface area contributed by atoms with Gasteiger partial charge in [0.25, 0.3) is 0 Å². The number of carbonyl (C=O) groups is 1. The van der Waals surface area contributed by atoms with Gasteiger partial charge in [0.05, 0.1) is 12.5 Å². The summed E-state index contributed by atoms with van der Waals surface area (Å²) in [5.74, 6) is -0.319. The van der Waals surface area contributed by atoms with Crippen LogP contribution in [0, 0.1) is 13.8 Å². The first-order valence-corrected chi connectivity index (χ1v) is 6.41. The Kier molecular flexibility index (Phi) is 5.72. The third kappa shape index (κ3) is 5.23. The molecule has 4 N–H and O–H groups in total. The number of benzene rings is 1. The fourth-order valence-electron chi connectivity index (χ4n) is 1.49. The van der Waals surface area contributed by atoms with Gasteiger partial charge in [-0.2, -0.15) is 0 Å². The number of thiocarbonyl (C=S) groups is 1. The van der Waals surface area contributed by atoms with Gasteiger partial charge in [-0.1, -0.05) is 12.1 Å². The van der Waals surface area contributed by atoms with Crippen molar-refractivity contribution in [1.82, 2.24) is 10.9 Å². The van der Waals surface area contributed by atoms with Crippen molar-refractivity contribution in [1.29, 1.82) is 0 Å². The normalized spacial score (nSPS) is 11.6. The van der Waals surface area contributed by atoms with Crippen molar-refractivity contribution in [2.24, 2.45) is 0 Å². The first-order chi connectivity index (χ1) is 8.90. The zero-order valence-corrected chi connectivity index (χ0v) is 12.1. The van der Waals surface area contributed by atoms with Gasteiger partial charge in [-0.05, 0) is 50.2 Å². The second-order valence-corrected chi connectivity index (χ2v) is 4.84. The molecule has 0 fully saturated rings. The minimum absolute atomic E-state index is 0.0269. The molecule has 0 radical (unpaired) electrons. The molecule has 19 heavy (non-hydrogen) atoms. The molecular weight excluding hydrogens is 262 g/mol. The van der Waals surface area contributed by atoms with Crippen LogP contribution in [0.1, 0.15) is 24.5 Å². The van der Waals surface area contributed by atoms with Gasteiger partial charge in [-0.3, -0.25) is 15.6 Å². The van der Waals surface area contributed by atoms with Crippen LogP contribution in [-0.2, 0) is 4.79 Å². The molecule has 0 heterocycles. The van der Waals surface area contributed by atoms with Crippen molar-refractivity contribution in [2.75, 3.05) is 5.32 Å². The van der Waals surface area contributed by atoms with Crippen molar-refractivity contribution in [3.05, 3.63) is 29.3 Å². The lowest BCUT2D eigenvalue weighted by atomic mass is 10.1. The van der Waals surface area contributed by atoms with Crippen molar-refractivity contribution in [3.8, 4) is 0 Å². The number of rotatable bonds is 3. The van der Waals surface area contributed by atoms with Crippen LogP contribution in [0.15, 0.2) is 18.2 Å². The SMILES string of the molecule is Cc1cccc(NC(=S)NNC(=O)C[C@H](C)O)c1C. The molecule has 1 aromatic rings. The number of nitrogens with one attached hydrogen (secondary N) is 3. The first kappa shape index (κ1) is 15.4. The van der Waals surface area contributed by atoms with E-state index < -0.39 is 6.10 Å². The fraction of sp³-hybridized carbons (Fsp3) is 0.385. The highest BCUT2D eigenvalue weighted by atomic mass is 32.1. The molecular formula is C13H19N3O2S. The molecule has 104 valence electrons. The van der Waals surface area contributed by atoms with E-state index in [-0.39, 0.29) is 12.3 Å².